The lowest BCUT2D eigenvalue weighted by Gasteiger charge is -2.08. The SMILES string of the molecule is Cc1ccc(C(=O)Nc2ccc(-c3nnnn3C3CC3)cc2)cc1C. The second kappa shape index (κ2) is 6.12. The fraction of sp³-hybridized carbons (Fsp3) is 0.263. The molecule has 0 saturated heterocycles. The minimum Gasteiger partial charge on any atom is -0.322 e. The van der Waals surface area contributed by atoms with Crippen molar-refractivity contribution in [3.63, 3.8) is 0 Å². The molecule has 1 heterocycles. The van der Waals surface area contributed by atoms with Crippen molar-refractivity contribution < 1.29 is 4.79 Å². The van der Waals surface area contributed by atoms with Crippen molar-refractivity contribution in [1.29, 1.82) is 0 Å². The summed E-state index contributed by atoms with van der Waals surface area (Å²) in [6, 6.07) is 13.7. The first-order chi connectivity index (χ1) is 12.1. The second-order valence-corrected chi connectivity index (χ2v) is 6.51. The van der Waals surface area contributed by atoms with E-state index in [0.717, 1.165) is 35.5 Å². The summed E-state index contributed by atoms with van der Waals surface area (Å²) in [5.41, 5.74) is 4.63. The molecule has 0 radical (unpaired) electrons. The second-order valence-electron chi connectivity index (χ2n) is 6.51. The molecule has 6 heteroatoms. The summed E-state index contributed by atoms with van der Waals surface area (Å²) < 4.78 is 1.88. The van der Waals surface area contributed by atoms with Crippen LogP contribution in [0.4, 0.5) is 5.69 Å². The van der Waals surface area contributed by atoms with Crippen LogP contribution in [-0.2, 0) is 0 Å². The summed E-state index contributed by atoms with van der Waals surface area (Å²) in [5.74, 6) is 0.660. The molecule has 1 N–H and O–H groups in total. The van der Waals surface area contributed by atoms with Crippen LogP contribution < -0.4 is 5.32 Å². The van der Waals surface area contributed by atoms with Gasteiger partial charge in [-0.05, 0) is 84.6 Å². The van der Waals surface area contributed by atoms with Gasteiger partial charge in [0, 0.05) is 16.8 Å². The van der Waals surface area contributed by atoms with Crippen molar-refractivity contribution in [2.75, 3.05) is 5.32 Å². The molecule has 4 rings (SSSR count). The van der Waals surface area contributed by atoms with E-state index in [2.05, 4.69) is 20.8 Å². The highest BCUT2D eigenvalue weighted by Gasteiger charge is 2.28. The Kier molecular flexibility index (Phi) is 3.80. The summed E-state index contributed by atoms with van der Waals surface area (Å²) in [6.07, 6.45) is 2.25. The van der Waals surface area contributed by atoms with Gasteiger partial charge in [-0.15, -0.1) is 5.10 Å². The molecule has 6 nitrogen and oxygen atoms in total. The Hall–Kier alpha value is -3.02. The number of carbonyl (C=O) groups excluding carboxylic acids is 1. The quantitative estimate of drug-likeness (QED) is 0.792. The molecule has 0 aliphatic heterocycles. The minimum absolute atomic E-state index is 0.112. The van der Waals surface area contributed by atoms with E-state index < -0.39 is 0 Å². The molecule has 1 aromatic heterocycles. The van der Waals surface area contributed by atoms with Crippen molar-refractivity contribution in [2.24, 2.45) is 0 Å². The first-order valence-corrected chi connectivity index (χ1v) is 8.39. The average Bonchev–Trinajstić information content (AvgIpc) is 3.35. The van der Waals surface area contributed by atoms with Crippen LogP contribution in [0.15, 0.2) is 42.5 Å². The van der Waals surface area contributed by atoms with Gasteiger partial charge < -0.3 is 5.32 Å². The predicted molar refractivity (Wildman–Crippen MR) is 95.4 cm³/mol. The number of hydrogen-bond acceptors (Lipinski definition) is 4. The normalized spacial score (nSPS) is 13.7. The molecule has 3 aromatic rings. The lowest BCUT2D eigenvalue weighted by Crippen LogP contribution is -2.12. The molecule has 1 aliphatic carbocycles. The zero-order chi connectivity index (χ0) is 17.4. The maximum atomic E-state index is 12.4. The van der Waals surface area contributed by atoms with Gasteiger partial charge in [-0.25, -0.2) is 4.68 Å². The number of carbonyl (C=O) groups is 1. The van der Waals surface area contributed by atoms with Crippen LogP contribution >= 0.6 is 0 Å². The predicted octanol–water partition coefficient (Wildman–Crippen LogP) is 3.54. The number of tetrazole rings is 1. The van der Waals surface area contributed by atoms with Crippen molar-refractivity contribution in [3.8, 4) is 11.4 Å². The van der Waals surface area contributed by atoms with Crippen LogP contribution in [0.5, 0.6) is 0 Å². The molecule has 126 valence electrons. The number of anilines is 1. The van der Waals surface area contributed by atoms with E-state index in [0.29, 0.717) is 11.6 Å². The first-order valence-electron chi connectivity index (χ1n) is 8.39. The molecule has 0 atom stereocenters. The summed E-state index contributed by atoms with van der Waals surface area (Å²) in [7, 11) is 0. The maximum Gasteiger partial charge on any atom is 0.255 e. The van der Waals surface area contributed by atoms with E-state index in [1.165, 1.54) is 5.56 Å². The highest BCUT2D eigenvalue weighted by Crippen LogP contribution is 2.36. The first kappa shape index (κ1) is 15.5. The van der Waals surface area contributed by atoms with E-state index in [1.807, 2.05) is 61.0 Å². The zero-order valence-electron chi connectivity index (χ0n) is 14.2. The van der Waals surface area contributed by atoms with E-state index >= 15 is 0 Å². The molecular weight excluding hydrogens is 314 g/mol. The van der Waals surface area contributed by atoms with Crippen LogP contribution in [0, 0.1) is 13.8 Å². The molecule has 1 saturated carbocycles. The Labute approximate surface area is 145 Å². The highest BCUT2D eigenvalue weighted by molar-refractivity contribution is 6.04. The number of aromatic nitrogens is 4. The molecule has 0 bridgehead atoms. The molecule has 2 aromatic carbocycles. The number of rotatable bonds is 4. The monoisotopic (exact) mass is 333 g/mol. The largest absolute Gasteiger partial charge is 0.322 e. The average molecular weight is 333 g/mol. The molecule has 1 amide bonds. The third-order valence-electron chi connectivity index (χ3n) is 4.56. The molecule has 25 heavy (non-hydrogen) atoms. The third-order valence-corrected chi connectivity index (χ3v) is 4.56. The van der Waals surface area contributed by atoms with Crippen molar-refractivity contribution in [1.82, 2.24) is 20.2 Å². The smallest absolute Gasteiger partial charge is 0.255 e. The number of hydrogen-bond donors (Lipinski definition) is 1. The maximum absolute atomic E-state index is 12.4. The number of nitrogens with one attached hydrogen (secondary N) is 1. The topological polar surface area (TPSA) is 72.7 Å². The lowest BCUT2D eigenvalue weighted by molar-refractivity contribution is 0.102. The molecule has 1 aliphatic rings. The Balaban J connectivity index is 1.51. The Morgan fingerprint density at radius 3 is 2.52 bits per heavy atom. The number of amides is 1. The fourth-order valence-electron chi connectivity index (χ4n) is 2.74. The zero-order valence-corrected chi connectivity index (χ0v) is 14.2. The van der Waals surface area contributed by atoms with Gasteiger partial charge in [-0.3, -0.25) is 4.79 Å². The van der Waals surface area contributed by atoms with Crippen LogP contribution in [0.2, 0.25) is 0 Å². The van der Waals surface area contributed by atoms with Crippen LogP contribution in [0.3, 0.4) is 0 Å². The third kappa shape index (κ3) is 3.15. The lowest BCUT2D eigenvalue weighted by atomic mass is 10.1. The minimum atomic E-state index is -0.112. The van der Waals surface area contributed by atoms with Gasteiger partial charge >= 0.3 is 0 Å². The van der Waals surface area contributed by atoms with E-state index in [1.54, 1.807) is 0 Å². The Morgan fingerprint density at radius 2 is 1.84 bits per heavy atom. The number of aryl methyl sites for hydroxylation is 2. The van der Waals surface area contributed by atoms with E-state index in [-0.39, 0.29) is 5.91 Å². The summed E-state index contributed by atoms with van der Waals surface area (Å²) >= 11 is 0. The van der Waals surface area contributed by atoms with Crippen LogP contribution in [0.1, 0.15) is 40.4 Å². The van der Waals surface area contributed by atoms with Gasteiger partial charge in [-0.2, -0.15) is 0 Å². The molecule has 0 spiro atoms. The van der Waals surface area contributed by atoms with Crippen LogP contribution in [0.25, 0.3) is 11.4 Å². The molecule has 1 fully saturated rings. The van der Waals surface area contributed by atoms with Gasteiger partial charge in [0.1, 0.15) is 0 Å². The van der Waals surface area contributed by atoms with Crippen molar-refractivity contribution in [2.45, 2.75) is 32.7 Å². The van der Waals surface area contributed by atoms with Gasteiger partial charge in [0.15, 0.2) is 5.82 Å². The van der Waals surface area contributed by atoms with Gasteiger partial charge in [-0.1, -0.05) is 6.07 Å². The number of benzene rings is 2. The van der Waals surface area contributed by atoms with E-state index in [9.17, 15) is 4.79 Å². The van der Waals surface area contributed by atoms with Gasteiger partial charge in [0.05, 0.1) is 6.04 Å². The summed E-state index contributed by atoms with van der Waals surface area (Å²) in [5, 5.41) is 14.9. The molecular formula is C19H19N5O. The van der Waals surface area contributed by atoms with E-state index in [4.69, 9.17) is 0 Å². The summed E-state index contributed by atoms with van der Waals surface area (Å²) in [4.78, 5) is 12.4. The van der Waals surface area contributed by atoms with Crippen LogP contribution in [-0.4, -0.2) is 26.1 Å². The molecule has 0 unspecified atom stereocenters. The van der Waals surface area contributed by atoms with Crippen molar-refractivity contribution >= 4 is 11.6 Å². The Morgan fingerprint density at radius 1 is 1.08 bits per heavy atom. The van der Waals surface area contributed by atoms with Gasteiger partial charge in [0.25, 0.3) is 5.91 Å². The van der Waals surface area contributed by atoms with Crippen molar-refractivity contribution in [3.05, 3.63) is 59.2 Å². The number of nitrogens with zero attached hydrogens (tertiary/aromatic N) is 4. The fourth-order valence-corrected chi connectivity index (χ4v) is 2.74. The summed E-state index contributed by atoms with van der Waals surface area (Å²) in [6.45, 7) is 4.04. The standard InChI is InChI=1S/C19H19N5O/c1-12-3-4-15(11-13(12)2)19(25)20-16-7-5-14(6-8-16)18-21-22-23-24(18)17-9-10-17/h3-8,11,17H,9-10H2,1-2H3,(H,20,25). The Bertz CT molecular complexity index is 925. The van der Waals surface area contributed by atoms with Gasteiger partial charge in [0.2, 0.25) is 0 Å². The highest BCUT2D eigenvalue weighted by atomic mass is 16.1.